The van der Waals surface area contributed by atoms with Gasteiger partial charge in [0, 0.05) is 0 Å². The van der Waals surface area contributed by atoms with Gasteiger partial charge in [-0.05, 0) is 0 Å². The van der Waals surface area contributed by atoms with E-state index in [1.807, 2.05) is 0 Å². The third-order valence-corrected chi connectivity index (χ3v) is 0.457. The summed E-state index contributed by atoms with van der Waals surface area (Å²) in [6.45, 7) is 0. The fraction of sp³-hybridized carbons (Fsp3) is 1.00. The molecule has 0 unspecified atom stereocenters. The Morgan fingerprint density at radius 2 is 2.50 bits per heavy atom. The van der Waals surface area contributed by atoms with Gasteiger partial charge in [0.15, 0.2) is 0 Å². The summed E-state index contributed by atoms with van der Waals surface area (Å²) in [4.78, 5) is 0. The Balaban J connectivity index is 2.73. The molecule has 0 radical (unpaired) electrons. The predicted octanol–water partition coefficient (Wildman–Crippen LogP) is 0.404. The first kappa shape index (κ1) is 6.21. The van der Waals surface area contributed by atoms with Crippen LogP contribution in [-0.4, -0.2) is 20.2 Å². The van der Waals surface area contributed by atoms with Crippen molar-refractivity contribution < 1.29 is 8.54 Å². The standard InChI is InChI=1S/CH3B2FOS/c1-5-2-3-6-4/h1H3. The molecule has 0 aliphatic rings. The van der Waals surface area contributed by atoms with Gasteiger partial charge in [-0.25, -0.2) is 0 Å². The Labute approximate surface area is 41.6 Å². The van der Waals surface area contributed by atoms with Crippen LogP contribution in [0.4, 0.5) is 3.89 Å². The molecule has 32 valence electrons. The van der Waals surface area contributed by atoms with E-state index < -0.39 is 0 Å². The van der Waals surface area contributed by atoms with Crippen LogP contribution >= 0.6 is 12.0 Å². The van der Waals surface area contributed by atoms with Crippen molar-refractivity contribution in [2.45, 2.75) is 0 Å². The summed E-state index contributed by atoms with van der Waals surface area (Å²) in [6.07, 6.45) is 1.21. The molecule has 0 fully saturated rings. The molecule has 0 aromatic rings. The van der Waals surface area contributed by atoms with Gasteiger partial charge in [0.1, 0.15) is 0 Å². The van der Waals surface area contributed by atoms with Gasteiger partial charge in [-0.3, -0.25) is 0 Å². The molecule has 0 bridgehead atoms. The molecule has 0 aromatic carbocycles. The Bertz CT molecular complexity index is 42.8. The maximum absolute atomic E-state index is 10.9. The van der Waals surface area contributed by atoms with Crippen molar-refractivity contribution in [1.29, 1.82) is 0 Å². The summed E-state index contributed by atoms with van der Waals surface area (Å²) in [5, 5.41) is 0. The second kappa shape index (κ2) is 5.21. The van der Waals surface area contributed by atoms with Crippen molar-refractivity contribution in [2.24, 2.45) is 0 Å². The van der Waals surface area contributed by atoms with Crippen LogP contribution in [0, 0.1) is 0 Å². The van der Waals surface area contributed by atoms with Gasteiger partial charge in [-0.1, -0.05) is 0 Å². The molecule has 6 heavy (non-hydrogen) atoms. The van der Waals surface area contributed by atoms with Crippen molar-refractivity contribution in [3.8, 4) is 0 Å². The number of halogens is 1. The fourth-order valence-electron chi connectivity index (χ4n) is 0.0766. The molecule has 0 spiro atoms. The fourth-order valence-corrected chi connectivity index (χ4v) is 0.230. The first-order valence-electron chi connectivity index (χ1n) is 1.37. The monoisotopic (exact) mass is 104 g/mol. The van der Waals surface area contributed by atoms with Crippen molar-refractivity contribution in [2.75, 3.05) is 7.11 Å². The van der Waals surface area contributed by atoms with Crippen LogP contribution < -0.4 is 0 Å². The summed E-state index contributed by atoms with van der Waals surface area (Å²) in [7, 11) is 2.73. The van der Waals surface area contributed by atoms with Crippen LogP contribution in [0.2, 0.25) is 0 Å². The molecule has 0 aromatic heterocycles. The van der Waals surface area contributed by atoms with Crippen LogP contribution in [0.25, 0.3) is 0 Å². The van der Waals surface area contributed by atoms with Gasteiger partial charge in [-0.2, -0.15) is 0 Å². The molecule has 1 nitrogen and oxygen atoms in total. The average molecular weight is 104 g/mol. The predicted molar refractivity (Wildman–Crippen MR) is 27.2 cm³/mol. The molecule has 0 rings (SSSR count). The third-order valence-electron chi connectivity index (χ3n) is 0.243. The molecule has 0 saturated heterocycles. The molecule has 0 N–H and O–H groups in total. The molecule has 5 heteroatoms. The second-order valence-electron chi connectivity index (χ2n) is 0.597. The molecule has 0 aliphatic heterocycles. The zero-order valence-corrected chi connectivity index (χ0v) is 4.17. The van der Waals surface area contributed by atoms with Gasteiger partial charge in [0.2, 0.25) is 0 Å². The van der Waals surface area contributed by atoms with E-state index in [0.717, 1.165) is 0 Å². The van der Waals surface area contributed by atoms with E-state index in [1.54, 1.807) is 0 Å². The zero-order chi connectivity index (χ0) is 4.83. The van der Waals surface area contributed by atoms with Gasteiger partial charge >= 0.3 is 40.7 Å². The van der Waals surface area contributed by atoms with E-state index in [2.05, 4.69) is 4.65 Å². The van der Waals surface area contributed by atoms with Crippen molar-refractivity contribution in [3.05, 3.63) is 0 Å². The normalized spacial score (nSPS) is 7.00. The Kier molecular flexibility index (Phi) is 5.39. The van der Waals surface area contributed by atoms with E-state index in [0.29, 0.717) is 0 Å². The molecule has 0 atom stereocenters. The minimum absolute atomic E-state index is 0.121. The minimum atomic E-state index is 0.121. The Morgan fingerprint density at radius 3 is 2.67 bits per heavy atom. The molecule has 0 saturated carbocycles. The third kappa shape index (κ3) is 4.21. The van der Waals surface area contributed by atoms with Crippen LogP contribution in [0.1, 0.15) is 0 Å². The van der Waals surface area contributed by atoms with Crippen LogP contribution in [0.15, 0.2) is 0 Å². The van der Waals surface area contributed by atoms with Gasteiger partial charge < -0.3 is 0 Å². The molecule has 0 heterocycles. The van der Waals surface area contributed by atoms with Gasteiger partial charge in [0.05, 0.1) is 0 Å². The van der Waals surface area contributed by atoms with Gasteiger partial charge in [0.25, 0.3) is 0 Å². The van der Waals surface area contributed by atoms with E-state index >= 15 is 0 Å². The van der Waals surface area contributed by atoms with Crippen LogP contribution in [0.3, 0.4) is 0 Å². The van der Waals surface area contributed by atoms with Gasteiger partial charge in [-0.15, -0.1) is 0 Å². The summed E-state index contributed by atoms with van der Waals surface area (Å²) in [5.74, 6) is 0. The SMILES string of the molecule is COB=BSF. The van der Waals surface area contributed by atoms with E-state index in [9.17, 15) is 3.89 Å². The number of rotatable bonds is 2. The molecular formula is CH3B2FOS. The van der Waals surface area contributed by atoms with E-state index in [4.69, 9.17) is 0 Å². The van der Waals surface area contributed by atoms with Crippen LogP contribution in [-0.2, 0) is 4.65 Å². The summed E-state index contributed by atoms with van der Waals surface area (Å²) >= 11 is 0.121. The zero-order valence-electron chi connectivity index (χ0n) is 3.35. The average Bonchev–Trinajstić information content (AvgIpc) is 1.61. The second-order valence-corrected chi connectivity index (χ2v) is 1.05. The first-order chi connectivity index (χ1) is 2.91. The number of hydrogen-bond acceptors (Lipinski definition) is 2. The van der Waals surface area contributed by atoms with Crippen LogP contribution in [0.5, 0.6) is 0 Å². The Hall–Kier alpha value is 0.210. The summed E-state index contributed by atoms with van der Waals surface area (Å²) in [5.41, 5.74) is 0. The molecule has 0 aliphatic carbocycles. The Morgan fingerprint density at radius 1 is 1.83 bits per heavy atom. The maximum atomic E-state index is 10.9. The van der Waals surface area contributed by atoms with E-state index in [-0.39, 0.29) is 12.0 Å². The topological polar surface area (TPSA) is 9.23 Å². The molecular weight excluding hydrogens is 101 g/mol. The first-order valence-corrected chi connectivity index (χ1v) is 2.15. The quantitative estimate of drug-likeness (QED) is 0.469. The number of hydrogen-bond donors (Lipinski definition) is 0. The van der Waals surface area contributed by atoms with E-state index in [1.165, 1.54) is 20.2 Å². The van der Waals surface area contributed by atoms with Crippen molar-refractivity contribution in [1.82, 2.24) is 0 Å². The molecule has 0 amide bonds. The van der Waals surface area contributed by atoms with Crippen molar-refractivity contribution in [3.63, 3.8) is 0 Å². The van der Waals surface area contributed by atoms with Crippen molar-refractivity contribution >= 4 is 25.1 Å². The summed E-state index contributed by atoms with van der Waals surface area (Å²) < 4.78 is 15.3. The summed E-state index contributed by atoms with van der Waals surface area (Å²) in [6, 6.07) is 0.